The molecule has 2 aromatic heterocycles. The predicted octanol–water partition coefficient (Wildman–Crippen LogP) is 5.75. The summed E-state index contributed by atoms with van der Waals surface area (Å²) in [5.74, 6) is 0.847. The van der Waals surface area contributed by atoms with E-state index in [0.717, 1.165) is 32.9 Å². The van der Waals surface area contributed by atoms with Crippen LogP contribution in [0.5, 0.6) is 0 Å². The van der Waals surface area contributed by atoms with E-state index in [-0.39, 0.29) is 0 Å². The Morgan fingerprint density at radius 2 is 1.46 bits per heavy atom. The number of rotatable bonds is 4. The highest BCUT2D eigenvalue weighted by molar-refractivity contribution is 7.90. The summed E-state index contributed by atoms with van der Waals surface area (Å²) in [4.78, 5) is 1.49. The van der Waals surface area contributed by atoms with E-state index >= 15 is 0 Å². The highest BCUT2D eigenvalue weighted by atomic mass is 32.2. The molecule has 0 atom stereocenters. The molecule has 130 valence electrons. The lowest BCUT2D eigenvalue weighted by molar-refractivity contribution is 0.582. The van der Waals surface area contributed by atoms with Gasteiger partial charge in [-0.05, 0) is 46.8 Å². The van der Waals surface area contributed by atoms with Crippen LogP contribution in [0.1, 0.15) is 0 Å². The van der Waals surface area contributed by atoms with Crippen molar-refractivity contribution in [3.63, 3.8) is 0 Å². The molecule has 0 unspecified atom stereocenters. The molecule has 0 bridgehead atoms. The first-order chi connectivity index (χ1) is 12.5. The fourth-order valence-electron chi connectivity index (χ4n) is 2.87. The number of furan rings is 1. The second-order valence-corrected chi connectivity index (χ2v) is 8.95. The smallest absolute Gasteiger partial charge is 0.175 e. The zero-order valence-corrected chi connectivity index (χ0v) is 15.7. The van der Waals surface area contributed by atoms with Gasteiger partial charge < -0.3 is 4.42 Å². The Morgan fingerprint density at radius 1 is 0.808 bits per heavy atom. The third kappa shape index (κ3) is 3.23. The van der Waals surface area contributed by atoms with Crippen LogP contribution in [0.25, 0.3) is 32.9 Å². The highest BCUT2D eigenvalue weighted by Gasteiger charge is 2.12. The zero-order valence-electron chi connectivity index (χ0n) is 14.0. The van der Waals surface area contributed by atoms with E-state index in [9.17, 15) is 8.42 Å². The normalized spacial score (nSPS) is 11.6. The van der Waals surface area contributed by atoms with E-state index in [1.807, 2.05) is 36.4 Å². The summed E-state index contributed by atoms with van der Waals surface area (Å²) < 4.78 is 28.7. The first-order valence-corrected chi connectivity index (χ1v) is 10.8. The van der Waals surface area contributed by atoms with Gasteiger partial charge in [0.1, 0.15) is 5.76 Å². The van der Waals surface area contributed by atoms with Gasteiger partial charge in [0.05, 0.1) is 11.2 Å². The van der Waals surface area contributed by atoms with Crippen LogP contribution in [-0.2, 0) is 9.84 Å². The minimum absolute atomic E-state index is 0.334. The van der Waals surface area contributed by atoms with Crippen LogP contribution in [0.15, 0.2) is 87.7 Å². The summed E-state index contributed by atoms with van der Waals surface area (Å²) in [7, 11) is -3.18. The molecular formula is C21H16O3S2. The summed E-state index contributed by atoms with van der Waals surface area (Å²) in [6.45, 7) is 0. The summed E-state index contributed by atoms with van der Waals surface area (Å²) in [6, 6.07) is 21.2. The third-order valence-corrected chi connectivity index (χ3v) is 6.30. The van der Waals surface area contributed by atoms with Crippen LogP contribution in [0.2, 0.25) is 0 Å². The molecule has 0 aliphatic rings. The van der Waals surface area contributed by atoms with E-state index in [2.05, 4.69) is 23.6 Å². The Bertz CT molecular complexity index is 1120. The van der Waals surface area contributed by atoms with Crippen molar-refractivity contribution < 1.29 is 12.8 Å². The molecule has 2 heterocycles. The Balaban J connectivity index is 1.69. The van der Waals surface area contributed by atoms with Crippen LogP contribution in [0, 0.1) is 0 Å². The highest BCUT2D eigenvalue weighted by Crippen LogP contribution is 2.37. The summed E-state index contributed by atoms with van der Waals surface area (Å²) >= 11 is 1.67. The van der Waals surface area contributed by atoms with Gasteiger partial charge in [-0.3, -0.25) is 0 Å². The molecule has 3 nitrogen and oxygen atoms in total. The quantitative estimate of drug-likeness (QED) is 0.453. The minimum Gasteiger partial charge on any atom is -0.464 e. The average molecular weight is 380 g/mol. The predicted molar refractivity (Wildman–Crippen MR) is 106 cm³/mol. The zero-order chi connectivity index (χ0) is 18.1. The molecule has 0 saturated carbocycles. The maximum absolute atomic E-state index is 11.6. The molecule has 26 heavy (non-hydrogen) atoms. The first-order valence-electron chi connectivity index (χ1n) is 8.05. The molecule has 0 aliphatic heterocycles. The number of hydrogen-bond acceptors (Lipinski definition) is 4. The molecule has 0 saturated heterocycles. The number of sulfone groups is 1. The molecule has 0 fully saturated rings. The Kier molecular flexibility index (Phi) is 4.26. The van der Waals surface area contributed by atoms with Gasteiger partial charge in [0.15, 0.2) is 9.84 Å². The summed E-state index contributed by atoms with van der Waals surface area (Å²) in [5.41, 5.74) is 4.26. The molecule has 4 rings (SSSR count). The van der Waals surface area contributed by atoms with Crippen molar-refractivity contribution in [2.75, 3.05) is 6.26 Å². The van der Waals surface area contributed by atoms with Gasteiger partial charge in [0, 0.05) is 22.3 Å². The molecular weight excluding hydrogens is 364 g/mol. The van der Waals surface area contributed by atoms with E-state index in [0.29, 0.717) is 4.90 Å². The van der Waals surface area contributed by atoms with Crippen molar-refractivity contribution in [1.29, 1.82) is 0 Å². The number of thiophene rings is 1. The minimum atomic E-state index is -3.18. The van der Waals surface area contributed by atoms with Gasteiger partial charge in [-0.25, -0.2) is 8.42 Å². The maximum atomic E-state index is 11.6. The molecule has 0 N–H and O–H groups in total. The fourth-order valence-corrected chi connectivity index (χ4v) is 4.43. The van der Waals surface area contributed by atoms with Crippen molar-refractivity contribution in [2.45, 2.75) is 4.90 Å². The molecule has 0 amide bonds. The average Bonchev–Trinajstić information content (AvgIpc) is 3.33. The summed E-state index contributed by atoms with van der Waals surface area (Å²) in [6.07, 6.45) is 2.89. The standard InChI is InChI=1S/C21H16O3S2/c1-26(22,23)18-10-8-15(9-11-18)19-12-14-25-21(19)17-6-4-16(5-7-17)20-3-2-13-24-20/h2-14H,1H3. The van der Waals surface area contributed by atoms with E-state index < -0.39 is 9.84 Å². The van der Waals surface area contributed by atoms with Gasteiger partial charge in [0.2, 0.25) is 0 Å². The fraction of sp³-hybridized carbons (Fsp3) is 0.0476. The molecule has 0 aliphatic carbocycles. The second-order valence-electron chi connectivity index (χ2n) is 6.01. The van der Waals surface area contributed by atoms with Crippen molar-refractivity contribution in [1.82, 2.24) is 0 Å². The first kappa shape index (κ1) is 16.8. The molecule has 0 radical (unpaired) electrons. The lowest BCUT2D eigenvalue weighted by Gasteiger charge is -2.07. The number of hydrogen-bond donors (Lipinski definition) is 0. The second kappa shape index (κ2) is 6.59. The van der Waals surface area contributed by atoms with E-state index in [4.69, 9.17) is 4.42 Å². The Morgan fingerprint density at radius 3 is 2.08 bits per heavy atom. The van der Waals surface area contributed by atoms with E-state index in [1.165, 1.54) is 6.26 Å². The van der Waals surface area contributed by atoms with E-state index in [1.54, 1.807) is 29.7 Å². The van der Waals surface area contributed by atoms with Crippen LogP contribution < -0.4 is 0 Å². The monoisotopic (exact) mass is 380 g/mol. The largest absolute Gasteiger partial charge is 0.464 e. The van der Waals surface area contributed by atoms with Gasteiger partial charge in [0.25, 0.3) is 0 Å². The molecule has 4 aromatic rings. The van der Waals surface area contributed by atoms with Crippen LogP contribution >= 0.6 is 11.3 Å². The van der Waals surface area contributed by atoms with Crippen LogP contribution in [0.3, 0.4) is 0 Å². The maximum Gasteiger partial charge on any atom is 0.175 e. The molecule has 2 aromatic carbocycles. The molecule has 0 spiro atoms. The lowest BCUT2D eigenvalue weighted by atomic mass is 10.0. The summed E-state index contributed by atoms with van der Waals surface area (Å²) in [5, 5.41) is 2.05. The molecule has 5 heteroatoms. The Hall–Kier alpha value is -2.63. The SMILES string of the molecule is CS(=O)(=O)c1ccc(-c2ccsc2-c2ccc(-c3ccco3)cc2)cc1. The van der Waals surface area contributed by atoms with Crippen LogP contribution in [0.4, 0.5) is 0 Å². The topological polar surface area (TPSA) is 47.3 Å². The Labute approximate surface area is 156 Å². The van der Waals surface area contributed by atoms with Gasteiger partial charge >= 0.3 is 0 Å². The van der Waals surface area contributed by atoms with Gasteiger partial charge in [-0.1, -0.05) is 36.4 Å². The van der Waals surface area contributed by atoms with Crippen molar-refractivity contribution in [3.05, 3.63) is 78.4 Å². The van der Waals surface area contributed by atoms with Crippen molar-refractivity contribution in [2.24, 2.45) is 0 Å². The number of benzene rings is 2. The van der Waals surface area contributed by atoms with Crippen molar-refractivity contribution in [3.8, 4) is 32.9 Å². The van der Waals surface area contributed by atoms with Crippen LogP contribution in [-0.4, -0.2) is 14.7 Å². The van der Waals surface area contributed by atoms with Crippen molar-refractivity contribution >= 4 is 21.2 Å². The van der Waals surface area contributed by atoms with Gasteiger partial charge in [-0.2, -0.15) is 0 Å². The third-order valence-electron chi connectivity index (χ3n) is 4.21. The lowest BCUT2D eigenvalue weighted by Crippen LogP contribution is -1.96. The van der Waals surface area contributed by atoms with Gasteiger partial charge in [-0.15, -0.1) is 11.3 Å².